The Morgan fingerprint density at radius 1 is 1.23 bits per heavy atom. The van der Waals surface area contributed by atoms with Crippen molar-refractivity contribution in [2.75, 3.05) is 19.8 Å². The van der Waals surface area contributed by atoms with E-state index in [4.69, 9.17) is 4.74 Å². The van der Waals surface area contributed by atoms with Crippen LogP contribution in [0.1, 0.15) is 39.0 Å². The molecule has 0 radical (unpaired) electrons. The van der Waals surface area contributed by atoms with Crippen molar-refractivity contribution in [2.45, 2.75) is 45.1 Å². The zero-order valence-corrected chi connectivity index (χ0v) is 8.64. The molecule has 2 fully saturated rings. The third-order valence-electron chi connectivity index (χ3n) is 3.76. The Kier molecular flexibility index (Phi) is 2.89. The molecular formula is C11H21NO. The average Bonchev–Trinajstić information content (AvgIpc) is 2.20. The maximum absolute atomic E-state index is 5.54. The van der Waals surface area contributed by atoms with Gasteiger partial charge in [0, 0.05) is 12.6 Å². The summed E-state index contributed by atoms with van der Waals surface area (Å²) in [5.41, 5.74) is 0.513. The predicted octanol–water partition coefficient (Wildman–Crippen LogP) is 1.95. The van der Waals surface area contributed by atoms with E-state index < -0.39 is 0 Å². The lowest BCUT2D eigenvalue weighted by atomic mass is 9.70. The molecule has 1 aliphatic carbocycles. The van der Waals surface area contributed by atoms with E-state index in [0.717, 1.165) is 19.8 Å². The second-order valence-corrected chi connectivity index (χ2v) is 4.80. The van der Waals surface area contributed by atoms with Crippen LogP contribution in [0.25, 0.3) is 0 Å². The number of ether oxygens (including phenoxy) is 1. The topological polar surface area (TPSA) is 21.3 Å². The van der Waals surface area contributed by atoms with Gasteiger partial charge in [0.15, 0.2) is 0 Å². The van der Waals surface area contributed by atoms with Gasteiger partial charge < -0.3 is 10.1 Å². The summed E-state index contributed by atoms with van der Waals surface area (Å²) in [6.07, 6.45) is 7.02. The molecule has 76 valence electrons. The summed E-state index contributed by atoms with van der Waals surface area (Å²) in [5.74, 6) is 0. The number of hydrogen-bond donors (Lipinski definition) is 1. The molecule has 1 saturated carbocycles. The van der Waals surface area contributed by atoms with Crippen molar-refractivity contribution in [3.05, 3.63) is 0 Å². The van der Waals surface area contributed by atoms with E-state index in [0.29, 0.717) is 11.5 Å². The van der Waals surface area contributed by atoms with Gasteiger partial charge in [-0.15, -0.1) is 0 Å². The van der Waals surface area contributed by atoms with Gasteiger partial charge in [-0.1, -0.05) is 26.2 Å². The van der Waals surface area contributed by atoms with Crippen LogP contribution in [0.3, 0.4) is 0 Å². The van der Waals surface area contributed by atoms with E-state index in [-0.39, 0.29) is 0 Å². The Morgan fingerprint density at radius 3 is 2.62 bits per heavy atom. The Bertz CT molecular complexity index is 157. The summed E-state index contributed by atoms with van der Waals surface area (Å²) in [6.45, 7) is 5.29. The quantitative estimate of drug-likeness (QED) is 0.671. The smallest absolute Gasteiger partial charge is 0.0625 e. The second-order valence-electron chi connectivity index (χ2n) is 4.80. The van der Waals surface area contributed by atoms with Crippen molar-refractivity contribution in [3.63, 3.8) is 0 Å². The van der Waals surface area contributed by atoms with Gasteiger partial charge in [-0.3, -0.25) is 0 Å². The Labute approximate surface area is 81.0 Å². The molecule has 1 saturated heterocycles. The summed E-state index contributed by atoms with van der Waals surface area (Å²) in [7, 11) is 0. The van der Waals surface area contributed by atoms with E-state index in [1.165, 1.54) is 32.1 Å². The van der Waals surface area contributed by atoms with Crippen molar-refractivity contribution in [1.29, 1.82) is 0 Å². The van der Waals surface area contributed by atoms with E-state index in [9.17, 15) is 0 Å². The molecule has 2 aliphatic rings. The van der Waals surface area contributed by atoms with Crippen LogP contribution in [0.5, 0.6) is 0 Å². The van der Waals surface area contributed by atoms with E-state index in [1.54, 1.807) is 0 Å². The molecule has 0 amide bonds. The molecule has 2 heteroatoms. The summed E-state index contributed by atoms with van der Waals surface area (Å²) in [6, 6.07) is 0.613. The van der Waals surface area contributed by atoms with Crippen LogP contribution in [-0.2, 0) is 4.74 Å². The molecule has 0 bridgehead atoms. The standard InChI is InChI=1S/C11H21NO/c1-11(5-3-2-4-6-11)10-9-13-8-7-12-10/h10,12H,2-9H2,1H3. The first-order chi connectivity index (χ1) is 6.31. The fourth-order valence-corrected chi connectivity index (χ4v) is 2.72. The van der Waals surface area contributed by atoms with Crippen LogP contribution in [0.15, 0.2) is 0 Å². The molecule has 1 atom stereocenters. The highest BCUT2D eigenvalue weighted by Crippen LogP contribution is 2.39. The summed E-state index contributed by atoms with van der Waals surface area (Å²) in [4.78, 5) is 0. The first kappa shape index (κ1) is 9.47. The number of rotatable bonds is 1. The maximum Gasteiger partial charge on any atom is 0.0625 e. The predicted molar refractivity (Wildman–Crippen MR) is 53.8 cm³/mol. The summed E-state index contributed by atoms with van der Waals surface area (Å²) >= 11 is 0. The minimum atomic E-state index is 0.513. The van der Waals surface area contributed by atoms with Crippen LogP contribution in [0.2, 0.25) is 0 Å². The monoisotopic (exact) mass is 183 g/mol. The number of nitrogens with one attached hydrogen (secondary N) is 1. The van der Waals surface area contributed by atoms with E-state index >= 15 is 0 Å². The minimum Gasteiger partial charge on any atom is -0.378 e. The van der Waals surface area contributed by atoms with Gasteiger partial charge in [-0.25, -0.2) is 0 Å². The summed E-state index contributed by atoms with van der Waals surface area (Å²) < 4.78 is 5.54. The zero-order valence-electron chi connectivity index (χ0n) is 8.64. The van der Waals surface area contributed by atoms with Gasteiger partial charge in [0.1, 0.15) is 0 Å². The zero-order chi connectivity index (χ0) is 9.15. The van der Waals surface area contributed by atoms with Crippen LogP contribution in [0, 0.1) is 5.41 Å². The lowest BCUT2D eigenvalue weighted by Crippen LogP contribution is -2.51. The molecule has 0 spiro atoms. The van der Waals surface area contributed by atoms with Crippen molar-refractivity contribution >= 4 is 0 Å². The first-order valence-electron chi connectivity index (χ1n) is 5.62. The van der Waals surface area contributed by atoms with Gasteiger partial charge in [-0.2, -0.15) is 0 Å². The van der Waals surface area contributed by atoms with Crippen molar-refractivity contribution in [3.8, 4) is 0 Å². The normalized spacial score (nSPS) is 34.4. The Balaban J connectivity index is 1.94. The number of morpholine rings is 1. The highest BCUT2D eigenvalue weighted by molar-refractivity contribution is 4.91. The molecule has 1 N–H and O–H groups in total. The lowest BCUT2D eigenvalue weighted by Gasteiger charge is -2.42. The third-order valence-corrected chi connectivity index (χ3v) is 3.76. The van der Waals surface area contributed by atoms with Crippen LogP contribution < -0.4 is 5.32 Å². The van der Waals surface area contributed by atoms with Gasteiger partial charge >= 0.3 is 0 Å². The SMILES string of the molecule is CC1(C2COCCN2)CCCCC1. The van der Waals surface area contributed by atoms with Crippen LogP contribution >= 0.6 is 0 Å². The minimum absolute atomic E-state index is 0.513. The average molecular weight is 183 g/mol. The van der Waals surface area contributed by atoms with Gasteiger partial charge in [-0.05, 0) is 18.3 Å². The Morgan fingerprint density at radius 2 is 2.00 bits per heavy atom. The molecular weight excluding hydrogens is 162 g/mol. The van der Waals surface area contributed by atoms with E-state index in [2.05, 4.69) is 12.2 Å². The van der Waals surface area contributed by atoms with Crippen LogP contribution in [0.4, 0.5) is 0 Å². The fraction of sp³-hybridized carbons (Fsp3) is 1.00. The van der Waals surface area contributed by atoms with Crippen molar-refractivity contribution in [1.82, 2.24) is 5.32 Å². The molecule has 0 aromatic rings. The molecule has 2 nitrogen and oxygen atoms in total. The largest absolute Gasteiger partial charge is 0.378 e. The highest BCUT2D eigenvalue weighted by Gasteiger charge is 2.36. The molecule has 13 heavy (non-hydrogen) atoms. The Hall–Kier alpha value is -0.0800. The first-order valence-corrected chi connectivity index (χ1v) is 5.62. The highest BCUT2D eigenvalue weighted by atomic mass is 16.5. The van der Waals surface area contributed by atoms with Crippen molar-refractivity contribution in [2.24, 2.45) is 5.41 Å². The fourth-order valence-electron chi connectivity index (χ4n) is 2.72. The molecule has 0 aromatic carbocycles. The maximum atomic E-state index is 5.54. The van der Waals surface area contributed by atoms with Crippen LogP contribution in [-0.4, -0.2) is 25.8 Å². The van der Waals surface area contributed by atoms with Gasteiger partial charge in [0.2, 0.25) is 0 Å². The van der Waals surface area contributed by atoms with Gasteiger partial charge in [0.25, 0.3) is 0 Å². The van der Waals surface area contributed by atoms with Crippen molar-refractivity contribution < 1.29 is 4.74 Å². The number of hydrogen-bond acceptors (Lipinski definition) is 2. The molecule has 1 aliphatic heterocycles. The molecule has 0 aromatic heterocycles. The molecule has 1 unspecified atom stereocenters. The summed E-state index contributed by atoms with van der Waals surface area (Å²) in [5, 5.41) is 3.60. The lowest BCUT2D eigenvalue weighted by molar-refractivity contribution is 0.0125. The molecule has 2 rings (SSSR count). The third kappa shape index (κ3) is 2.05. The van der Waals surface area contributed by atoms with Gasteiger partial charge in [0.05, 0.1) is 13.2 Å². The van der Waals surface area contributed by atoms with E-state index in [1.807, 2.05) is 0 Å². The molecule has 1 heterocycles. The second kappa shape index (κ2) is 3.97.